The van der Waals surface area contributed by atoms with Gasteiger partial charge in [0.1, 0.15) is 5.76 Å². The zero-order valence-corrected chi connectivity index (χ0v) is 13.9. The number of nitrogens with one attached hydrogen (secondary N) is 2. The van der Waals surface area contributed by atoms with E-state index < -0.39 is 0 Å². The molecule has 5 heteroatoms. The average molecular weight is 330 g/mol. The van der Waals surface area contributed by atoms with Gasteiger partial charge in [0.2, 0.25) is 5.91 Å². The van der Waals surface area contributed by atoms with E-state index in [9.17, 15) is 4.79 Å². The van der Waals surface area contributed by atoms with Gasteiger partial charge in [0, 0.05) is 12.1 Å². The Kier molecular flexibility index (Phi) is 3.97. The van der Waals surface area contributed by atoms with Crippen LogP contribution in [0.2, 0.25) is 0 Å². The van der Waals surface area contributed by atoms with Crippen molar-refractivity contribution in [3.05, 3.63) is 30.2 Å². The van der Waals surface area contributed by atoms with Crippen LogP contribution in [0, 0.1) is 23.7 Å². The lowest BCUT2D eigenvalue weighted by Crippen LogP contribution is -2.57. The largest absolute Gasteiger partial charge is 0.465 e. The molecule has 1 aromatic rings. The molecule has 0 spiro atoms. The highest BCUT2D eigenvalue weighted by Crippen LogP contribution is 2.53. The molecule has 122 valence electrons. The molecule has 5 rings (SSSR count). The van der Waals surface area contributed by atoms with Gasteiger partial charge in [-0.05, 0) is 86.2 Å². The molecule has 0 saturated heterocycles. The number of hydrogen-bond donors (Lipinski definition) is 2. The molecule has 4 aliphatic rings. The van der Waals surface area contributed by atoms with E-state index in [4.69, 9.17) is 16.6 Å². The van der Waals surface area contributed by atoms with E-state index in [1.165, 1.54) is 38.2 Å². The SMILES string of the molecule is O=C(/C=C/c1ccco1)NC(=S)NC1C2CC3CC(C2)CC1C3. The van der Waals surface area contributed by atoms with Crippen molar-refractivity contribution in [1.82, 2.24) is 10.6 Å². The lowest BCUT2D eigenvalue weighted by atomic mass is 9.54. The van der Waals surface area contributed by atoms with Crippen molar-refractivity contribution in [2.24, 2.45) is 23.7 Å². The lowest BCUT2D eigenvalue weighted by Gasteiger charge is -2.54. The minimum Gasteiger partial charge on any atom is -0.465 e. The van der Waals surface area contributed by atoms with E-state index in [1.807, 2.05) is 0 Å². The van der Waals surface area contributed by atoms with Gasteiger partial charge in [-0.2, -0.15) is 0 Å². The number of rotatable bonds is 3. The van der Waals surface area contributed by atoms with Crippen LogP contribution < -0.4 is 10.6 Å². The summed E-state index contributed by atoms with van der Waals surface area (Å²) in [5, 5.41) is 6.64. The molecule has 1 heterocycles. The average Bonchev–Trinajstić information content (AvgIpc) is 3.01. The summed E-state index contributed by atoms with van der Waals surface area (Å²) in [5.74, 6) is 3.78. The highest BCUT2D eigenvalue weighted by molar-refractivity contribution is 7.80. The fourth-order valence-electron chi connectivity index (χ4n) is 5.05. The number of hydrogen-bond acceptors (Lipinski definition) is 3. The molecule has 0 aliphatic heterocycles. The fraction of sp³-hybridized carbons (Fsp3) is 0.556. The first-order valence-corrected chi connectivity index (χ1v) is 8.91. The van der Waals surface area contributed by atoms with Gasteiger partial charge in [-0.1, -0.05) is 0 Å². The molecular weight excluding hydrogens is 308 g/mol. The number of amides is 1. The Morgan fingerprint density at radius 2 is 1.87 bits per heavy atom. The highest BCUT2D eigenvalue weighted by atomic mass is 32.1. The van der Waals surface area contributed by atoms with Gasteiger partial charge >= 0.3 is 0 Å². The van der Waals surface area contributed by atoms with Gasteiger partial charge in [0.15, 0.2) is 5.11 Å². The van der Waals surface area contributed by atoms with Gasteiger partial charge in [-0.25, -0.2) is 0 Å². The number of furan rings is 1. The van der Waals surface area contributed by atoms with Crippen LogP contribution in [0.1, 0.15) is 37.9 Å². The van der Waals surface area contributed by atoms with Crippen molar-refractivity contribution >= 4 is 29.3 Å². The minimum atomic E-state index is -0.220. The summed E-state index contributed by atoms with van der Waals surface area (Å²) in [4.78, 5) is 11.9. The predicted octanol–water partition coefficient (Wildman–Crippen LogP) is 3.11. The Balaban J connectivity index is 1.31. The highest BCUT2D eigenvalue weighted by Gasteiger charge is 2.48. The van der Waals surface area contributed by atoms with Crippen LogP contribution in [0.15, 0.2) is 28.9 Å². The summed E-state index contributed by atoms with van der Waals surface area (Å²) in [6, 6.07) is 4.04. The van der Waals surface area contributed by atoms with E-state index in [0.29, 0.717) is 16.9 Å². The third kappa shape index (κ3) is 3.20. The first-order valence-electron chi connectivity index (χ1n) is 8.50. The molecule has 0 aromatic carbocycles. The maximum absolute atomic E-state index is 11.9. The van der Waals surface area contributed by atoms with Crippen molar-refractivity contribution in [3.63, 3.8) is 0 Å². The first-order chi connectivity index (χ1) is 11.2. The summed E-state index contributed by atoms with van der Waals surface area (Å²) < 4.78 is 5.16. The number of carbonyl (C=O) groups is 1. The summed E-state index contributed by atoms with van der Waals surface area (Å²) in [7, 11) is 0. The van der Waals surface area contributed by atoms with E-state index in [0.717, 1.165) is 23.7 Å². The molecule has 0 radical (unpaired) electrons. The smallest absolute Gasteiger partial charge is 0.250 e. The number of thiocarbonyl (C=S) groups is 1. The lowest BCUT2D eigenvalue weighted by molar-refractivity contribution is -0.115. The van der Waals surface area contributed by atoms with E-state index in [-0.39, 0.29) is 5.91 Å². The molecule has 0 unspecified atom stereocenters. The molecule has 1 aromatic heterocycles. The van der Waals surface area contributed by atoms with Crippen molar-refractivity contribution in [2.45, 2.75) is 38.1 Å². The second-order valence-corrected chi connectivity index (χ2v) is 7.68. The molecule has 4 aliphatic carbocycles. The molecule has 2 N–H and O–H groups in total. The molecule has 4 nitrogen and oxygen atoms in total. The molecule has 1 amide bonds. The fourth-order valence-corrected chi connectivity index (χ4v) is 5.28. The Bertz CT molecular complexity index is 595. The minimum absolute atomic E-state index is 0.220. The van der Waals surface area contributed by atoms with Crippen molar-refractivity contribution in [1.29, 1.82) is 0 Å². The molecule has 4 saturated carbocycles. The standard InChI is InChI=1S/C18H22N2O2S/c21-16(4-3-15-2-1-5-22-15)19-18(23)20-17-13-7-11-6-12(9-13)10-14(17)8-11/h1-5,11-14,17H,6-10H2,(H2,19,20,21,23)/b4-3+. The van der Waals surface area contributed by atoms with E-state index in [2.05, 4.69) is 10.6 Å². The van der Waals surface area contributed by atoms with Crippen LogP contribution in [-0.2, 0) is 4.79 Å². The summed E-state index contributed by atoms with van der Waals surface area (Å²) >= 11 is 5.34. The maximum atomic E-state index is 11.9. The van der Waals surface area contributed by atoms with Crippen molar-refractivity contribution < 1.29 is 9.21 Å². The summed E-state index contributed by atoms with van der Waals surface area (Å²) in [6.07, 6.45) is 11.4. The molecule has 23 heavy (non-hydrogen) atoms. The summed E-state index contributed by atoms with van der Waals surface area (Å²) in [5.41, 5.74) is 0. The van der Waals surface area contributed by atoms with Gasteiger partial charge in [0.05, 0.1) is 6.26 Å². The van der Waals surface area contributed by atoms with E-state index >= 15 is 0 Å². The quantitative estimate of drug-likeness (QED) is 0.660. The molecule has 0 atom stereocenters. The Hall–Kier alpha value is -1.62. The Morgan fingerprint density at radius 1 is 1.17 bits per heavy atom. The zero-order chi connectivity index (χ0) is 15.8. The van der Waals surface area contributed by atoms with Crippen molar-refractivity contribution in [3.8, 4) is 0 Å². The molecule has 4 bridgehead atoms. The van der Waals surface area contributed by atoms with E-state index in [1.54, 1.807) is 24.5 Å². The molecular formula is C18H22N2O2S. The van der Waals surface area contributed by atoms with Gasteiger partial charge in [-0.15, -0.1) is 0 Å². The monoisotopic (exact) mass is 330 g/mol. The third-order valence-electron chi connectivity index (χ3n) is 5.70. The third-order valence-corrected chi connectivity index (χ3v) is 5.92. The maximum Gasteiger partial charge on any atom is 0.250 e. The Labute approximate surface area is 141 Å². The second kappa shape index (κ2) is 6.11. The van der Waals surface area contributed by atoms with Crippen LogP contribution in [0.4, 0.5) is 0 Å². The van der Waals surface area contributed by atoms with Crippen molar-refractivity contribution in [2.75, 3.05) is 0 Å². The predicted molar refractivity (Wildman–Crippen MR) is 92.5 cm³/mol. The molecule has 4 fully saturated rings. The van der Waals surface area contributed by atoms with Crippen LogP contribution >= 0.6 is 12.2 Å². The first kappa shape index (κ1) is 14.9. The zero-order valence-electron chi connectivity index (χ0n) is 13.0. The number of carbonyl (C=O) groups excluding carboxylic acids is 1. The van der Waals surface area contributed by atoms with Crippen LogP contribution in [0.3, 0.4) is 0 Å². The normalized spacial score (nSPS) is 34.7. The van der Waals surface area contributed by atoms with Gasteiger partial charge in [-0.3, -0.25) is 10.1 Å². The topological polar surface area (TPSA) is 54.3 Å². The van der Waals surface area contributed by atoms with Gasteiger partial charge in [0.25, 0.3) is 0 Å². The van der Waals surface area contributed by atoms with Crippen LogP contribution in [0.5, 0.6) is 0 Å². The Morgan fingerprint density at radius 3 is 2.48 bits per heavy atom. The van der Waals surface area contributed by atoms with Gasteiger partial charge < -0.3 is 9.73 Å². The van der Waals surface area contributed by atoms with Crippen LogP contribution in [0.25, 0.3) is 6.08 Å². The second-order valence-electron chi connectivity index (χ2n) is 7.27. The summed E-state index contributed by atoms with van der Waals surface area (Å²) in [6.45, 7) is 0. The van der Waals surface area contributed by atoms with Crippen LogP contribution in [-0.4, -0.2) is 17.1 Å².